The molecular formula is C14H30N2. The molecule has 0 unspecified atom stereocenters. The second-order valence-corrected chi connectivity index (χ2v) is 5.67. The molecule has 16 heavy (non-hydrogen) atoms. The number of hydrogen-bond donors (Lipinski definition) is 0. The van der Waals surface area contributed by atoms with Crippen molar-refractivity contribution in [1.29, 1.82) is 0 Å². The van der Waals surface area contributed by atoms with Crippen LogP contribution in [0.2, 0.25) is 0 Å². The first-order valence-corrected chi connectivity index (χ1v) is 7.04. The van der Waals surface area contributed by atoms with E-state index in [0.717, 1.165) is 11.8 Å². The van der Waals surface area contributed by atoms with E-state index in [1.54, 1.807) is 0 Å². The average Bonchev–Trinajstić information content (AvgIpc) is 2.29. The van der Waals surface area contributed by atoms with Crippen molar-refractivity contribution in [2.45, 2.75) is 40.0 Å². The van der Waals surface area contributed by atoms with Crippen LogP contribution < -0.4 is 0 Å². The Labute approximate surface area is 102 Å². The molecule has 1 aliphatic rings. The third-order valence-corrected chi connectivity index (χ3v) is 4.13. The maximum Gasteiger partial charge on any atom is -0.000655 e. The van der Waals surface area contributed by atoms with Crippen LogP contribution in [0, 0.1) is 11.8 Å². The zero-order valence-corrected chi connectivity index (χ0v) is 11.7. The highest BCUT2D eigenvalue weighted by Gasteiger charge is 2.20. The Morgan fingerprint density at radius 1 is 1.25 bits per heavy atom. The van der Waals surface area contributed by atoms with E-state index in [0.29, 0.717) is 0 Å². The number of hydrogen-bond acceptors (Lipinski definition) is 2. The lowest BCUT2D eigenvalue weighted by molar-refractivity contribution is 0.152. The number of nitrogens with zero attached hydrogens (tertiary/aromatic N) is 2. The van der Waals surface area contributed by atoms with Gasteiger partial charge in [-0.3, -0.25) is 0 Å². The van der Waals surface area contributed by atoms with Crippen LogP contribution in [0.25, 0.3) is 0 Å². The van der Waals surface area contributed by atoms with Crippen LogP contribution in [0.1, 0.15) is 40.0 Å². The highest BCUT2D eigenvalue weighted by atomic mass is 15.1. The largest absolute Gasteiger partial charge is 0.307 e. The van der Waals surface area contributed by atoms with E-state index in [1.165, 1.54) is 52.0 Å². The number of rotatable bonds is 6. The van der Waals surface area contributed by atoms with Crippen molar-refractivity contribution in [2.75, 3.05) is 39.8 Å². The average molecular weight is 226 g/mol. The smallest absolute Gasteiger partial charge is 0.000655 e. The molecule has 1 aliphatic heterocycles. The van der Waals surface area contributed by atoms with Crippen molar-refractivity contribution in [1.82, 2.24) is 9.80 Å². The Kier molecular flexibility index (Phi) is 6.37. The van der Waals surface area contributed by atoms with Gasteiger partial charge in [-0.2, -0.15) is 0 Å². The molecule has 0 aromatic rings. The molecule has 1 rings (SSSR count). The molecule has 0 N–H and O–H groups in total. The van der Waals surface area contributed by atoms with Gasteiger partial charge in [0.05, 0.1) is 0 Å². The van der Waals surface area contributed by atoms with Crippen molar-refractivity contribution in [3.8, 4) is 0 Å². The summed E-state index contributed by atoms with van der Waals surface area (Å²) in [5.74, 6) is 1.86. The van der Waals surface area contributed by atoms with E-state index >= 15 is 0 Å². The molecule has 0 saturated carbocycles. The van der Waals surface area contributed by atoms with E-state index in [1.807, 2.05) is 0 Å². The molecule has 0 amide bonds. The summed E-state index contributed by atoms with van der Waals surface area (Å²) >= 11 is 0. The van der Waals surface area contributed by atoms with Gasteiger partial charge >= 0.3 is 0 Å². The lowest BCUT2D eigenvalue weighted by Crippen LogP contribution is -2.36. The molecule has 2 nitrogen and oxygen atoms in total. The first-order valence-electron chi connectivity index (χ1n) is 7.04. The molecule has 96 valence electrons. The fourth-order valence-electron chi connectivity index (χ4n) is 2.57. The molecule has 1 saturated heterocycles. The molecular weight excluding hydrogens is 196 g/mol. The van der Waals surface area contributed by atoms with E-state index in [9.17, 15) is 0 Å². The second-order valence-electron chi connectivity index (χ2n) is 5.67. The minimum absolute atomic E-state index is 0.883. The predicted octanol–water partition coefficient (Wildman–Crippen LogP) is 2.70. The van der Waals surface area contributed by atoms with Crippen LogP contribution in [0.15, 0.2) is 0 Å². The van der Waals surface area contributed by atoms with Crippen molar-refractivity contribution >= 4 is 0 Å². The Balaban J connectivity index is 2.08. The van der Waals surface area contributed by atoms with Crippen LogP contribution in [-0.4, -0.2) is 49.6 Å². The monoisotopic (exact) mass is 226 g/mol. The van der Waals surface area contributed by atoms with Gasteiger partial charge in [0.15, 0.2) is 0 Å². The number of piperidine rings is 1. The molecule has 0 bridgehead atoms. The van der Waals surface area contributed by atoms with E-state index in [2.05, 4.69) is 37.6 Å². The maximum absolute atomic E-state index is 2.66. The molecule has 0 spiro atoms. The Morgan fingerprint density at radius 2 is 1.88 bits per heavy atom. The lowest BCUT2D eigenvalue weighted by Gasteiger charge is -2.34. The number of likely N-dealkylation sites (tertiary alicyclic amines) is 1. The summed E-state index contributed by atoms with van der Waals surface area (Å²) in [6.07, 6.45) is 4.17. The normalized spacial score (nSPS) is 19.9. The summed E-state index contributed by atoms with van der Waals surface area (Å²) in [6, 6.07) is 0. The Hall–Kier alpha value is -0.0800. The van der Waals surface area contributed by atoms with Gasteiger partial charge in [0, 0.05) is 0 Å². The summed E-state index contributed by atoms with van der Waals surface area (Å²) in [4.78, 5) is 5.06. The highest BCUT2D eigenvalue weighted by molar-refractivity contribution is 4.74. The Bertz CT molecular complexity index is 172. The first kappa shape index (κ1) is 14.0. The van der Waals surface area contributed by atoms with Crippen LogP contribution in [0.3, 0.4) is 0 Å². The molecule has 1 heterocycles. The van der Waals surface area contributed by atoms with Crippen molar-refractivity contribution in [3.63, 3.8) is 0 Å². The minimum Gasteiger partial charge on any atom is -0.307 e. The van der Waals surface area contributed by atoms with Crippen molar-refractivity contribution in [2.24, 2.45) is 11.8 Å². The summed E-state index contributed by atoms with van der Waals surface area (Å²) in [5, 5.41) is 0. The molecule has 1 fully saturated rings. The topological polar surface area (TPSA) is 6.48 Å². The standard InChI is InChI=1S/C14H30N2/c1-5-15(4)9-6-10-16-11-7-14(8-12-16)13(2)3/h13-14H,5-12H2,1-4H3. The van der Waals surface area contributed by atoms with E-state index in [-0.39, 0.29) is 0 Å². The van der Waals surface area contributed by atoms with Crippen LogP contribution in [0.5, 0.6) is 0 Å². The molecule has 0 atom stereocenters. The molecule has 0 aromatic heterocycles. The predicted molar refractivity (Wildman–Crippen MR) is 71.8 cm³/mol. The molecule has 0 radical (unpaired) electrons. The van der Waals surface area contributed by atoms with Gasteiger partial charge in [0.25, 0.3) is 0 Å². The Morgan fingerprint density at radius 3 is 2.38 bits per heavy atom. The maximum atomic E-state index is 2.66. The van der Waals surface area contributed by atoms with Crippen LogP contribution in [0.4, 0.5) is 0 Å². The fraction of sp³-hybridized carbons (Fsp3) is 1.00. The molecule has 2 heteroatoms. The van der Waals surface area contributed by atoms with Crippen molar-refractivity contribution in [3.05, 3.63) is 0 Å². The van der Waals surface area contributed by atoms with Crippen LogP contribution >= 0.6 is 0 Å². The van der Waals surface area contributed by atoms with Gasteiger partial charge in [0.2, 0.25) is 0 Å². The van der Waals surface area contributed by atoms with Crippen LogP contribution in [-0.2, 0) is 0 Å². The zero-order valence-electron chi connectivity index (χ0n) is 11.7. The van der Waals surface area contributed by atoms with Gasteiger partial charge < -0.3 is 9.80 Å². The SMILES string of the molecule is CCN(C)CCCN1CCC(C(C)C)CC1. The minimum atomic E-state index is 0.883. The van der Waals surface area contributed by atoms with Crippen molar-refractivity contribution < 1.29 is 0 Å². The van der Waals surface area contributed by atoms with Gasteiger partial charge in [-0.25, -0.2) is 0 Å². The fourth-order valence-corrected chi connectivity index (χ4v) is 2.57. The van der Waals surface area contributed by atoms with Gasteiger partial charge in [0.1, 0.15) is 0 Å². The molecule has 0 aromatic carbocycles. The van der Waals surface area contributed by atoms with E-state index < -0.39 is 0 Å². The first-order chi connectivity index (χ1) is 7.63. The summed E-state index contributed by atoms with van der Waals surface area (Å²) in [5.41, 5.74) is 0. The molecule has 0 aliphatic carbocycles. The highest BCUT2D eigenvalue weighted by Crippen LogP contribution is 2.24. The van der Waals surface area contributed by atoms with Gasteiger partial charge in [-0.15, -0.1) is 0 Å². The van der Waals surface area contributed by atoms with E-state index in [4.69, 9.17) is 0 Å². The third kappa shape index (κ3) is 4.84. The third-order valence-electron chi connectivity index (χ3n) is 4.13. The lowest BCUT2D eigenvalue weighted by atomic mass is 9.87. The van der Waals surface area contributed by atoms with Gasteiger partial charge in [-0.05, 0) is 70.9 Å². The summed E-state index contributed by atoms with van der Waals surface area (Å²) in [6.45, 7) is 13.4. The summed E-state index contributed by atoms with van der Waals surface area (Å²) < 4.78 is 0. The quantitative estimate of drug-likeness (QED) is 0.687. The second kappa shape index (κ2) is 7.29. The summed E-state index contributed by atoms with van der Waals surface area (Å²) in [7, 11) is 2.21. The van der Waals surface area contributed by atoms with Gasteiger partial charge in [-0.1, -0.05) is 20.8 Å². The zero-order chi connectivity index (χ0) is 12.0.